The zero-order valence-corrected chi connectivity index (χ0v) is 10.7. The molecular formula is C13H26N2O. The van der Waals surface area contributed by atoms with Gasteiger partial charge in [0, 0.05) is 6.61 Å². The second-order valence-corrected chi connectivity index (χ2v) is 5.66. The van der Waals surface area contributed by atoms with Gasteiger partial charge < -0.3 is 4.74 Å². The molecule has 2 saturated carbocycles. The van der Waals surface area contributed by atoms with Crippen molar-refractivity contribution in [2.75, 3.05) is 6.61 Å². The number of hydrogen-bond donors (Lipinski definition) is 2. The SMILES string of the molecule is CCOC1(C(NN)C2CC2)CCC(C)CC1. The summed E-state index contributed by atoms with van der Waals surface area (Å²) < 4.78 is 6.13. The zero-order chi connectivity index (χ0) is 11.6. The number of hydrogen-bond acceptors (Lipinski definition) is 3. The molecule has 0 spiro atoms. The molecule has 16 heavy (non-hydrogen) atoms. The van der Waals surface area contributed by atoms with Crippen molar-refractivity contribution in [3.63, 3.8) is 0 Å². The first kappa shape index (κ1) is 12.3. The van der Waals surface area contributed by atoms with E-state index >= 15 is 0 Å². The second-order valence-electron chi connectivity index (χ2n) is 5.66. The first-order chi connectivity index (χ1) is 7.72. The molecule has 0 aromatic heterocycles. The summed E-state index contributed by atoms with van der Waals surface area (Å²) in [4.78, 5) is 0. The summed E-state index contributed by atoms with van der Waals surface area (Å²) >= 11 is 0. The van der Waals surface area contributed by atoms with Crippen LogP contribution in [0.4, 0.5) is 0 Å². The molecule has 94 valence electrons. The molecule has 3 N–H and O–H groups in total. The van der Waals surface area contributed by atoms with Crippen molar-refractivity contribution in [3.05, 3.63) is 0 Å². The van der Waals surface area contributed by atoms with Gasteiger partial charge in [0.05, 0.1) is 11.6 Å². The van der Waals surface area contributed by atoms with E-state index in [-0.39, 0.29) is 5.60 Å². The van der Waals surface area contributed by atoms with E-state index < -0.39 is 0 Å². The third-order valence-corrected chi connectivity index (χ3v) is 4.39. The number of nitrogens with two attached hydrogens (primary N) is 1. The van der Waals surface area contributed by atoms with Gasteiger partial charge in [0.1, 0.15) is 0 Å². The summed E-state index contributed by atoms with van der Waals surface area (Å²) in [6.45, 7) is 5.25. The molecule has 0 aromatic rings. The topological polar surface area (TPSA) is 47.3 Å². The molecule has 0 aliphatic heterocycles. The Labute approximate surface area is 99.1 Å². The minimum atomic E-state index is 0.0250. The number of rotatable bonds is 5. The molecule has 2 fully saturated rings. The lowest BCUT2D eigenvalue weighted by Gasteiger charge is -2.44. The van der Waals surface area contributed by atoms with Gasteiger partial charge in [-0.15, -0.1) is 0 Å². The number of nitrogens with one attached hydrogen (secondary N) is 1. The van der Waals surface area contributed by atoms with Gasteiger partial charge in [-0.3, -0.25) is 11.3 Å². The Balaban J connectivity index is 2.06. The van der Waals surface area contributed by atoms with Crippen molar-refractivity contribution in [1.82, 2.24) is 5.43 Å². The van der Waals surface area contributed by atoms with Gasteiger partial charge in [0.2, 0.25) is 0 Å². The van der Waals surface area contributed by atoms with Crippen molar-refractivity contribution < 1.29 is 4.74 Å². The minimum absolute atomic E-state index is 0.0250. The molecule has 3 nitrogen and oxygen atoms in total. The van der Waals surface area contributed by atoms with Crippen molar-refractivity contribution in [2.45, 2.75) is 64.0 Å². The fraction of sp³-hybridized carbons (Fsp3) is 1.00. The van der Waals surface area contributed by atoms with E-state index in [0.29, 0.717) is 6.04 Å². The fourth-order valence-corrected chi connectivity index (χ4v) is 3.23. The maximum absolute atomic E-state index is 6.13. The smallest absolute Gasteiger partial charge is 0.0850 e. The summed E-state index contributed by atoms with van der Waals surface area (Å²) in [5.74, 6) is 7.37. The van der Waals surface area contributed by atoms with Crippen molar-refractivity contribution in [1.29, 1.82) is 0 Å². The third-order valence-electron chi connectivity index (χ3n) is 4.39. The lowest BCUT2D eigenvalue weighted by molar-refractivity contribution is -0.101. The van der Waals surface area contributed by atoms with E-state index in [2.05, 4.69) is 19.3 Å². The highest BCUT2D eigenvalue weighted by molar-refractivity contribution is 5.02. The van der Waals surface area contributed by atoms with E-state index in [9.17, 15) is 0 Å². The standard InChI is InChI=1S/C13H26N2O/c1-3-16-13(8-6-10(2)7-9-13)12(15-14)11-4-5-11/h10-12,15H,3-9,14H2,1-2H3. The van der Waals surface area contributed by atoms with E-state index in [1.54, 1.807) is 0 Å². The molecule has 2 aliphatic rings. The predicted molar refractivity (Wildman–Crippen MR) is 65.8 cm³/mol. The molecule has 3 heteroatoms. The summed E-state index contributed by atoms with van der Waals surface area (Å²) in [5, 5.41) is 0. The van der Waals surface area contributed by atoms with Crippen LogP contribution < -0.4 is 11.3 Å². The van der Waals surface area contributed by atoms with Crippen LogP contribution in [0.1, 0.15) is 52.4 Å². The average molecular weight is 226 g/mol. The monoisotopic (exact) mass is 226 g/mol. The molecule has 2 aliphatic carbocycles. The Morgan fingerprint density at radius 3 is 2.38 bits per heavy atom. The lowest BCUT2D eigenvalue weighted by Crippen LogP contribution is -2.57. The van der Waals surface area contributed by atoms with Crippen LogP contribution in [0.2, 0.25) is 0 Å². The summed E-state index contributed by atoms with van der Waals surface area (Å²) in [7, 11) is 0. The Morgan fingerprint density at radius 1 is 1.31 bits per heavy atom. The fourth-order valence-electron chi connectivity index (χ4n) is 3.23. The summed E-state index contributed by atoms with van der Waals surface area (Å²) in [6, 6.07) is 0.375. The molecule has 0 heterocycles. The van der Waals surface area contributed by atoms with Gasteiger partial charge in [-0.2, -0.15) is 0 Å². The van der Waals surface area contributed by atoms with Gasteiger partial charge in [0.15, 0.2) is 0 Å². The Hall–Kier alpha value is -0.120. The van der Waals surface area contributed by atoms with Gasteiger partial charge in [0.25, 0.3) is 0 Å². The normalized spacial score (nSPS) is 37.3. The van der Waals surface area contributed by atoms with Crippen molar-refractivity contribution in [3.8, 4) is 0 Å². The van der Waals surface area contributed by atoms with Crippen LogP contribution in [0.25, 0.3) is 0 Å². The summed E-state index contributed by atoms with van der Waals surface area (Å²) in [5.41, 5.74) is 3.07. The number of hydrazine groups is 1. The van der Waals surface area contributed by atoms with Gasteiger partial charge >= 0.3 is 0 Å². The molecule has 1 unspecified atom stereocenters. The molecule has 0 saturated heterocycles. The quantitative estimate of drug-likeness (QED) is 0.558. The first-order valence-corrected chi connectivity index (χ1v) is 6.82. The maximum atomic E-state index is 6.13. The van der Waals surface area contributed by atoms with Crippen LogP contribution in [0, 0.1) is 11.8 Å². The average Bonchev–Trinajstić information content (AvgIpc) is 3.08. The maximum Gasteiger partial charge on any atom is 0.0850 e. The third kappa shape index (κ3) is 2.41. The molecule has 0 amide bonds. The predicted octanol–water partition coefficient (Wildman–Crippen LogP) is 2.21. The molecule has 1 atom stereocenters. The van der Waals surface area contributed by atoms with E-state index in [1.165, 1.54) is 38.5 Å². The highest BCUT2D eigenvalue weighted by Crippen LogP contribution is 2.45. The first-order valence-electron chi connectivity index (χ1n) is 6.82. The lowest BCUT2D eigenvalue weighted by atomic mass is 9.74. The van der Waals surface area contributed by atoms with E-state index in [0.717, 1.165) is 18.4 Å². The van der Waals surface area contributed by atoms with E-state index in [1.807, 2.05) is 0 Å². The molecule has 0 bridgehead atoms. The molecule has 0 radical (unpaired) electrons. The molecular weight excluding hydrogens is 200 g/mol. The van der Waals surface area contributed by atoms with Gasteiger partial charge in [-0.1, -0.05) is 6.92 Å². The highest BCUT2D eigenvalue weighted by atomic mass is 16.5. The zero-order valence-electron chi connectivity index (χ0n) is 10.7. The van der Waals surface area contributed by atoms with Crippen LogP contribution in [-0.4, -0.2) is 18.2 Å². The minimum Gasteiger partial charge on any atom is -0.374 e. The Kier molecular flexibility index (Phi) is 3.88. The van der Waals surface area contributed by atoms with Crippen molar-refractivity contribution in [2.24, 2.45) is 17.7 Å². The second kappa shape index (κ2) is 5.03. The highest BCUT2D eigenvalue weighted by Gasteiger charge is 2.48. The van der Waals surface area contributed by atoms with Crippen LogP contribution >= 0.6 is 0 Å². The van der Waals surface area contributed by atoms with Crippen LogP contribution in [0.15, 0.2) is 0 Å². The Bertz CT molecular complexity index is 220. The van der Waals surface area contributed by atoms with Crippen LogP contribution in [-0.2, 0) is 4.74 Å². The van der Waals surface area contributed by atoms with Crippen molar-refractivity contribution >= 4 is 0 Å². The molecule has 2 rings (SSSR count). The largest absolute Gasteiger partial charge is 0.374 e. The number of ether oxygens (including phenoxy) is 1. The van der Waals surface area contributed by atoms with Crippen LogP contribution in [0.3, 0.4) is 0 Å². The van der Waals surface area contributed by atoms with E-state index in [4.69, 9.17) is 10.6 Å². The van der Waals surface area contributed by atoms with Gasteiger partial charge in [-0.25, -0.2) is 0 Å². The van der Waals surface area contributed by atoms with Gasteiger partial charge in [-0.05, 0) is 57.3 Å². The summed E-state index contributed by atoms with van der Waals surface area (Å²) in [6.07, 6.45) is 7.55. The Morgan fingerprint density at radius 2 is 1.94 bits per heavy atom. The van der Waals surface area contributed by atoms with Crippen LogP contribution in [0.5, 0.6) is 0 Å². The molecule has 0 aromatic carbocycles.